The minimum atomic E-state index is -1.39. The van der Waals surface area contributed by atoms with E-state index in [0.717, 1.165) is 134 Å². The number of allylic oxidation sites excluding steroid dienone is 3. The van der Waals surface area contributed by atoms with Gasteiger partial charge in [-0.2, -0.15) is 0 Å². The SMILES string of the molecule is CCC1CCC2C(C1)C1C=CC(=O)C3(Cc4ccc(O)c(OC)c4)CCCC3CC#CNC(=NC)Nc3cc(cc4c3OC#CC3(CCCCC3)C3CC(CNC)(CC35C=CC3CC6CCC(CO)C6OC3(O)C5)O4)C13CCCC3C2CCCO. The van der Waals surface area contributed by atoms with Gasteiger partial charge in [-0.15, -0.1) is 0 Å². The fourth-order valence-electron chi connectivity index (χ4n) is 21.4. The number of aromatic hydroxyl groups is 1. The first-order chi connectivity index (χ1) is 41.3. The van der Waals surface area contributed by atoms with Gasteiger partial charge in [0.15, 0.2) is 28.8 Å². The van der Waals surface area contributed by atoms with Gasteiger partial charge in [-0.3, -0.25) is 15.1 Å². The Balaban J connectivity index is 0.994. The lowest BCUT2D eigenvalue weighted by Crippen LogP contribution is -2.57. The van der Waals surface area contributed by atoms with Crippen LogP contribution in [0.3, 0.4) is 0 Å². The Morgan fingerprint density at radius 1 is 0.941 bits per heavy atom. The molecule has 13 rings (SSSR count). The van der Waals surface area contributed by atoms with Gasteiger partial charge in [0.2, 0.25) is 11.7 Å². The lowest BCUT2D eigenvalue weighted by molar-refractivity contribution is -0.308. The van der Waals surface area contributed by atoms with E-state index in [1.165, 1.54) is 12.0 Å². The van der Waals surface area contributed by atoms with Crippen LogP contribution < -0.4 is 30.2 Å². The number of fused-ring (bicyclic) bond motifs is 13. The van der Waals surface area contributed by atoms with E-state index in [2.05, 4.69) is 77.2 Å². The van der Waals surface area contributed by atoms with Gasteiger partial charge in [0.05, 0.1) is 18.9 Å². The first-order valence-electron chi connectivity index (χ1n) is 33.4. The van der Waals surface area contributed by atoms with Crippen LogP contribution in [0.2, 0.25) is 0 Å². The maximum Gasteiger partial charge on any atom is 0.207 e. The van der Waals surface area contributed by atoms with Gasteiger partial charge >= 0.3 is 0 Å². The highest BCUT2D eigenvalue weighted by Gasteiger charge is 2.67. The number of benzene rings is 2. The largest absolute Gasteiger partial charge is 0.504 e. The summed E-state index contributed by atoms with van der Waals surface area (Å²) in [4.78, 5) is 20.8. The van der Waals surface area contributed by atoms with Crippen molar-refractivity contribution in [1.82, 2.24) is 10.6 Å². The summed E-state index contributed by atoms with van der Waals surface area (Å²) in [6.45, 7) is 3.13. The molecule has 0 radical (unpaired) electrons. The quantitative estimate of drug-likeness (QED) is 0.0884. The van der Waals surface area contributed by atoms with Gasteiger partial charge in [-0.05, 0) is 205 Å². The number of ether oxygens (including phenoxy) is 4. The smallest absolute Gasteiger partial charge is 0.207 e. The van der Waals surface area contributed by atoms with Crippen LogP contribution in [0.5, 0.6) is 23.0 Å². The highest BCUT2D eigenvalue weighted by Crippen LogP contribution is 2.70. The van der Waals surface area contributed by atoms with E-state index in [4.69, 9.17) is 23.9 Å². The zero-order chi connectivity index (χ0) is 58.8. The topological polar surface area (TPSA) is 183 Å². The summed E-state index contributed by atoms with van der Waals surface area (Å²) >= 11 is 0. The van der Waals surface area contributed by atoms with Crippen molar-refractivity contribution >= 4 is 17.4 Å². The van der Waals surface area contributed by atoms with Gasteiger partial charge in [-0.25, -0.2) is 0 Å². The Labute approximate surface area is 505 Å². The molecule has 13 heteroatoms. The van der Waals surface area contributed by atoms with E-state index < -0.39 is 33.0 Å². The Bertz CT molecular complexity index is 3060. The number of aliphatic hydroxyl groups is 3. The normalized spacial score (nSPS) is 40.7. The van der Waals surface area contributed by atoms with E-state index in [1.54, 1.807) is 20.2 Å². The number of aliphatic hydroxyl groups excluding tert-OH is 2. The molecule has 458 valence electrons. The second kappa shape index (κ2) is 23.5. The molecule has 8 fully saturated rings. The number of ketones is 1. The van der Waals surface area contributed by atoms with E-state index >= 15 is 4.79 Å². The van der Waals surface area contributed by atoms with Crippen molar-refractivity contribution in [2.75, 3.05) is 46.3 Å². The molecule has 3 heterocycles. The second-order valence-corrected chi connectivity index (χ2v) is 29.0. The number of phenolic OH excluding ortho intramolecular Hbond substituents is 1. The molecule has 13 nitrogen and oxygen atoms in total. The number of aliphatic imine (C=N–C) groups is 1. The number of rotatable bonds is 10. The molecule has 3 aliphatic heterocycles. The van der Waals surface area contributed by atoms with Crippen molar-refractivity contribution < 1.29 is 44.2 Å². The standard InChI is InChI=1S/C72H96N4O9/c1-5-46-17-21-53-54(15-12-33-77)56-16-10-29-71(56)52-38-58(76-66(74-3)75-32-11-14-50-13-9-28-70(50,63(80)24-22-57(71)55(53)35-46)40-47-18-23-59(79)60(36-47)82-4)65-61(39-52)84-69(45-73-2)41-62(67(31-34-83-65)26-7-6-8-27-67)68(43-69)30-25-51-37-48-19-20-49(42-78)64(48)85-72(51,81)44-68/h18,22-25,30,36,38-39,46,48-51,53-57,62,64,73,77-79,81H,5-10,12-17,19-21,26-29,33,35,37,40-45H2,1-4H3,(H2,74,75,76). The molecule has 1 saturated heterocycles. The summed E-state index contributed by atoms with van der Waals surface area (Å²) in [6.07, 6.45) is 35.1. The number of hydrogen-bond donors (Lipinski definition) is 7. The van der Waals surface area contributed by atoms with Gasteiger partial charge in [0.1, 0.15) is 11.7 Å². The molecule has 85 heavy (non-hydrogen) atoms. The number of hydrogen-bond acceptors (Lipinski definition) is 11. The van der Waals surface area contributed by atoms with Gasteiger partial charge in [0, 0.05) is 79.2 Å². The molecule has 2 aromatic rings. The maximum absolute atomic E-state index is 16.0. The number of carbonyl (C=O) groups is 1. The fourth-order valence-corrected chi connectivity index (χ4v) is 21.4. The molecule has 4 bridgehead atoms. The number of methoxy groups -OCH3 is 1. The molecule has 17 atom stereocenters. The monoisotopic (exact) mass is 1160 g/mol. The lowest BCUT2D eigenvalue weighted by atomic mass is 9.45. The van der Waals surface area contributed by atoms with E-state index in [0.29, 0.717) is 90.7 Å². The summed E-state index contributed by atoms with van der Waals surface area (Å²) < 4.78 is 27.8. The molecule has 7 N–H and O–H groups in total. The molecule has 0 amide bonds. The molecule has 7 saturated carbocycles. The highest BCUT2D eigenvalue weighted by molar-refractivity contribution is 5.97. The van der Waals surface area contributed by atoms with Crippen LogP contribution >= 0.6 is 0 Å². The van der Waals surface area contributed by atoms with Crippen molar-refractivity contribution in [3.05, 3.63) is 65.8 Å². The summed E-state index contributed by atoms with van der Waals surface area (Å²) in [6, 6.07) is 13.4. The summed E-state index contributed by atoms with van der Waals surface area (Å²) in [5.74, 6) is 10.5. The lowest BCUT2D eigenvalue weighted by Gasteiger charge is -2.59. The molecule has 11 aliphatic rings. The summed E-state index contributed by atoms with van der Waals surface area (Å²) in [5.41, 5.74) is -0.0180. The number of carbonyl (C=O) groups excluding carboxylic acids is 1. The third kappa shape index (κ3) is 10.1. The second-order valence-electron chi connectivity index (χ2n) is 29.0. The van der Waals surface area contributed by atoms with Crippen molar-refractivity contribution in [3.63, 3.8) is 0 Å². The number of nitrogens with one attached hydrogen (secondary N) is 3. The van der Waals surface area contributed by atoms with Crippen LogP contribution in [0.4, 0.5) is 5.69 Å². The molecular formula is C72H96N4O9. The van der Waals surface area contributed by atoms with Crippen LogP contribution in [0.1, 0.15) is 172 Å². The molecule has 3 spiro atoms. The van der Waals surface area contributed by atoms with Crippen molar-refractivity contribution in [2.24, 2.45) is 86.3 Å². The van der Waals surface area contributed by atoms with Crippen LogP contribution in [-0.2, 0) is 21.4 Å². The molecule has 8 aliphatic carbocycles. The Morgan fingerprint density at radius 3 is 2.60 bits per heavy atom. The van der Waals surface area contributed by atoms with Crippen LogP contribution in [0.15, 0.2) is 59.6 Å². The maximum atomic E-state index is 16.0. The summed E-state index contributed by atoms with van der Waals surface area (Å²) in [5, 5.41) is 55.9. The third-order valence-electron chi connectivity index (χ3n) is 25.0. The average molecular weight is 1160 g/mol. The number of guanidine groups is 1. The number of anilines is 1. The number of nitrogens with zero attached hydrogens (tertiary/aromatic N) is 1. The third-order valence-corrected chi connectivity index (χ3v) is 25.0. The predicted molar refractivity (Wildman–Crippen MR) is 330 cm³/mol. The van der Waals surface area contributed by atoms with Crippen LogP contribution in [-0.4, -0.2) is 90.6 Å². The molecule has 0 aromatic heterocycles. The van der Waals surface area contributed by atoms with E-state index in [-0.39, 0.29) is 66.4 Å². The number of likely N-dealkylation sites (N-methyl/N-ethyl adjacent to an activating group) is 1. The van der Waals surface area contributed by atoms with E-state index in [1.807, 2.05) is 25.3 Å². The Hall–Kier alpha value is -5.02. The van der Waals surface area contributed by atoms with Gasteiger partial charge in [0.25, 0.3) is 0 Å². The Morgan fingerprint density at radius 2 is 1.80 bits per heavy atom. The zero-order valence-electron chi connectivity index (χ0n) is 51.2. The zero-order valence-corrected chi connectivity index (χ0v) is 51.2. The van der Waals surface area contributed by atoms with E-state index in [9.17, 15) is 20.4 Å². The molecule has 2 aromatic carbocycles. The average Bonchev–Trinajstić information content (AvgIpc) is 1.86. The van der Waals surface area contributed by atoms with Gasteiger partial charge < -0.3 is 50.0 Å². The summed E-state index contributed by atoms with van der Waals surface area (Å²) in [7, 11) is 5.37. The first-order valence-corrected chi connectivity index (χ1v) is 33.4. The number of phenols is 1. The van der Waals surface area contributed by atoms with Crippen LogP contribution in [0.25, 0.3) is 0 Å². The van der Waals surface area contributed by atoms with Crippen molar-refractivity contribution in [2.45, 2.75) is 190 Å². The minimum Gasteiger partial charge on any atom is -0.504 e. The van der Waals surface area contributed by atoms with Gasteiger partial charge in [-0.1, -0.05) is 88.0 Å². The minimum absolute atomic E-state index is 0.00543. The molecular weight excluding hydrogens is 1060 g/mol. The van der Waals surface area contributed by atoms with Crippen molar-refractivity contribution in [1.29, 1.82) is 0 Å². The highest BCUT2D eigenvalue weighted by atomic mass is 16.6. The Kier molecular flexibility index (Phi) is 16.3. The first kappa shape index (κ1) is 59.0. The predicted octanol–water partition coefficient (Wildman–Crippen LogP) is 11.5. The van der Waals surface area contributed by atoms with Crippen LogP contribution in [0, 0.1) is 105 Å². The molecule has 17 unspecified atom stereocenters. The fraction of sp³-hybridized carbons (Fsp3) is 0.694. The van der Waals surface area contributed by atoms with Crippen molar-refractivity contribution in [3.8, 4) is 47.0 Å².